The Hall–Kier alpha value is -0.670. The zero-order valence-electron chi connectivity index (χ0n) is 13.9. The van der Waals surface area contributed by atoms with E-state index in [1.54, 1.807) is 0 Å². The molecule has 0 aromatic heterocycles. The molecule has 1 fully saturated rings. The highest BCUT2D eigenvalue weighted by Gasteiger charge is 2.65. The molecular formula is C16H25O4PS. The van der Waals surface area contributed by atoms with Crippen LogP contribution < -0.4 is 0 Å². The Morgan fingerprint density at radius 2 is 1.45 bits per heavy atom. The fourth-order valence-corrected chi connectivity index (χ4v) is 11.5. The molecule has 124 valence electrons. The molecule has 0 aliphatic carbocycles. The van der Waals surface area contributed by atoms with Crippen molar-refractivity contribution in [1.82, 2.24) is 0 Å². The standard InChI is InChI=1S/C16H25O4PS/c1-6-7-8-21(22)13-9(2)10(3)14(21)12(16(18)20-5)11(13)15(17)19-4/h11-14H,6-8H2,1-5H3/t11-,12+,13-,14+,21?. The first-order chi connectivity index (χ1) is 10.3. The summed E-state index contributed by atoms with van der Waals surface area (Å²) in [4.78, 5) is 24.7. The van der Waals surface area contributed by atoms with Gasteiger partial charge in [-0.25, -0.2) is 0 Å². The maximum atomic E-state index is 12.4. The number of hydrogen-bond donors (Lipinski definition) is 0. The lowest BCUT2D eigenvalue weighted by Gasteiger charge is -2.27. The van der Waals surface area contributed by atoms with Crippen molar-refractivity contribution in [1.29, 1.82) is 0 Å². The Balaban J connectivity index is 2.54. The maximum absolute atomic E-state index is 12.4. The van der Waals surface area contributed by atoms with Gasteiger partial charge >= 0.3 is 11.9 Å². The third-order valence-electron chi connectivity index (χ3n) is 5.33. The van der Waals surface area contributed by atoms with Crippen LogP contribution in [-0.2, 0) is 30.9 Å². The van der Waals surface area contributed by atoms with E-state index in [9.17, 15) is 9.59 Å². The van der Waals surface area contributed by atoms with Crippen LogP contribution in [0.5, 0.6) is 0 Å². The third-order valence-corrected chi connectivity index (χ3v) is 11.6. The Morgan fingerprint density at radius 3 is 1.77 bits per heavy atom. The number of ether oxygens (including phenoxy) is 2. The monoisotopic (exact) mass is 344 g/mol. The minimum absolute atomic E-state index is 0.00981. The van der Waals surface area contributed by atoms with Crippen molar-refractivity contribution in [2.45, 2.75) is 44.9 Å². The second-order valence-corrected chi connectivity index (χ2v) is 11.6. The van der Waals surface area contributed by atoms with E-state index in [4.69, 9.17) is 21.3 Å². The van der Waals surface area contributed by atoms with Gasteiger partial charge in [-0.2, -0.15) is 0 Å². The topological polar surface area (TPSA) is 52.6 Å². The summed E-state index contributed by atoms with van der Waals surface area (Å²) in [6, 6.07) is -1.86. The van der Waals surface area contributed by atoms with Crippen LogP contribution in [0, 0.1) is 11.8 Å². The molecule has 2 rings (SSSR count). The van der Waals surface area contributed by atoms with E-state index in [-0.39, 0.29) is 23.3 Å². The summed E-state index contributed by atoms with van der Waals surface area (Å²) in [6.45, 7) is 6.27. The Kier molecular flexibility index (Phi) is 5.18. The largest absolute Gasteiger partial charge is 0.469 e. The molecule has 0 aromatic rings. The second kappa shape index (κ2) is 6.45. The molecule has 0 aromatic carbocycles. The van der Waals surface area contributed by atoms with E-state index in [1.807, 2.05) is 0 Å². The number of carbonyl (C=O) groups excluding carboxylic acids is 2. The van der Waals surface area contributed by atoms with Crippen molar-refractivity contribution >= 4 is 29.8 Å². The highest BCUT2D eigenvalue weighted by Crippen LogP contribution is 2.75. The van der Waals surface area contributed by atoms with Gasteiger partial charge in [0.1, 0.15) is 0 Å². The first kappa shape index (κ1) is 17.7. The van der Waals surface area contributed by atoms with Crippen molar-refractivity contribution in [3.05, 3.63) is 11.1 Å². The number of esters is 2. The van der Waals surface area contributed by atoms with Gasteiger partial charge < -0.3 is 9.47 Å². The van der Waals surface area contributed by atoms with Gasteiger partial charge in [-0.05, 0) is 32.5 Å². The summed E-state index contributed by atoms with van der Waals surface area (Å²) in [5.41, 5.74) is 2.44. The normalized spacial score (nSPS) is 36.6. The Labute approximate surface area is 137 Å². The van der Waals surface area contributed by atoms with E-state index in [1.165, 1.54) is 25.4 Å². The first-order valence-electron chi connectivity index (χ1n) is 7.76. The van der Waals surface area contributed by atoms with Crippen LogP contribution in [0.1, 0.15) is 33.6 Å². The number of fused-ring (bicyclic) bond motifs is 2. The molecule has 4 nitrogen and oxygen atoms in total. The highest BCUT2D eigenvalue weighted by molar-refractivity contribution is 8.15. The third kappa shape index (κ3) is 2.37. The van der Waals surface area contributed by atoms with Crippen LogP contribution in [0.15, 0.2) is 11.1 Å². The molecule has 0 spiro atoms. The number of unbranched alkanes of at least 4 members (excludes halogenated alkanes) is 1. The summed E-state index contributed by atoms with van der Waals surface area (Å²) in [7, 11) is 2.76. The smallest absolute Gasteiger partial charge is 0.310 e. The Morgan fingerprint density at radius 1 is 1.05 bits per heavy atom. The lowest BCUT2D eigenvalue weighted by molar-refractivity contribution is -0.156. The summed E-state index contributed by atoms with van der Waals surface area (Å²) in [5, 5.41) is 0. The average molecular weight is 344 g/mol. The van der Waals surface area contributed by atoms with E-state index in [0.717, 1.165) is 19.0 Å². The molecule has 5 atom stereocenters. The van der Waals surface area contributed by atoms with Gasteiger partial charge in [-0.1, -0.05) is 36.3 Å². The fourth-order valence-electron chi connectivity index (χ4n) is 4.28. The van der Waals surface area contributed by atoms with Crippen molar-refractivity contribution in [3.63, 3.8) is 0 Å². The lowest BCUT2D eigenvalue weighted by Crippen LogP contribution is -2.40. The molecular weight excluding hydrogens is 319 g/mol. The molecule has 2 heterocycles. The van der Waals surface area contributed by atoms with Crippen molar-refractivity contribution < 1.29 is 19.1 Å². The van der Waals surface area contributed by atoms with Crippen LogP contribution in [0.2, 0.25) is 0 Å². The number of methoxy groups -OCH3 is 2. The minimum atomic E-state index is -1.86. The van der Waals surface area contributed by atoms with Crippen LogP contribution in [-0.4, -0.2) is 43.6 Å². The second-order valence-electron chi connectivity index (χ2n) is 6.28. The summed E-state index contributed by atoms with van der Waals surface area (Å²) in [5.74, 6) is -1.57. The van der Waals surface area contributed by atoms with Crippen molar-refractivity contribution in [3.8, 4) is 0 Å². The zero-order chi connectivity index (χ0) is 16.7. The minimum Gasteiger partial charge on any atom is -0.469 e. The van der Waals surface area contributed by atoms with E-state index >= 15 is 0 Å². The van der Waals surface area contributed by atoms with Gasteiger partial charge in [-0.15, -0.1) is 0 Å². The van der Waals surface area contributed by atoms with Crippen molar-refractivity contribution in [2.75, 3.05) is 20.4 Å². The number of rotatable bonds is 5. The van der Waals surface area contributed by atoms with E-state index < -0.39 is 17.9 Å². The average Bonchev–Trinajstić information content (AvgIpc) is 2.88. The molecule has 2 aliphatic rings. The summed E-state index contributed by atoms with van der Waals surface area (Å²) < 4.78 is 9.99. The molecule has 0 radical (unpaired) electrons. The molecule has 22 heavy (non-hydrogen) atoms. The lowest BCUT2D eigenvalue weighted by atomic mass is 9.76. The van der Waals surface area contributed by atoms with Crippen LogP contribution in [0.4, 0.5) is 0 Å². The van der Waals surface area contributed by atoms with E-state index in [0.29, 0.717) is 0 Å². The van der Waals surface area contributed by atoms with Crippen LogP contribution in [0.3, 0.4) is 0 Å². The molecule has 2 bridgehead atoms. The van der Waals surface area contributed by atoms with Gasteiger partial charge in [0.15, 0.2) is 0 Å². The molecule has 2 aliphatic heterocycles. The molecule has 1 saturated heterocycles. The predicted molar refractivity (Wildman–Crippen MR) is 91.0 cm³/mol. The predicted octanol–water partition coefficient (Wildman–Crippen LogP) is 2.95. The number of carbonyl (C=O) groups is 2. The number of hydrogen-bond acceptors (Lipinski definition) is 5. The van der Waals surface area contributed by atoms with E-state index in [2.05, 4.69) is 20.8 Å². The molecule has 6 heteroatoms. The van der Waals surface area contributed by atoms with Crippen LogP contribution in [0.25, 0.3) is 0 Å². The molecule has 0 N–H and O–H groups in total. The van der Waals surface area contributed by atoms with Gasteiger partial charge in [0.05, 0.1) is 26.1 Å². The van der Waals surface area contributed by atoms with Crippen LogP contribution >= 0.6 is 6.04 Å². The van der Waals surface area contributed by atoms with Gasteiger partial charge in [0.25, 0.3) is 0 Å². The number of allylic oxidation sites excluding steroid dienone is 2. The Bertz CT molecular complexity index is 526. The first-order valence-corrected chi connectivity index (χ1v) is 10.9. The van der Waals surface area contributed by atoms with Crippen molar-refractivity contribution in [2.24, 2.45) is 11.8 Å². The highest BCUT2D eigenvalue weighted by atomic mass is 32.4. The molecule has 1 unspecified atom stereocenters. The molecule has 0 amide bonds. The zero-order valence-corrected chi connectivity index (χ0v) is 15.6. The summed E-state index contributed by atoms with van der Waals surface area (Å²) in [6.07, 6.45) is 3.07. The molecule has 0 saturated carbocycles. The van der Waals surface area contributed by atoms with Gasteiger partial charge in [0, 0.05) is 11.3 Å². The summed E-state index contributed by atoms with van der Waals surface area (Å²) >= 11 is 6.14. The van der Waals surface area contributed by atoms with Gasteiger partial charge in [0.2, 0.25) is 0 Å². The SMILES string of the molecule is CCCCP1(=S)[C@@H]2C(C)=C(C)[C@H]1[C@@H](C(=O)OC)[C@H]2C(=O)OC. The maximum Gasteiger partial charge on any atom is 0.310 e. The quantitative estimate of drug-likeness (QED) is 0.436. The van der Waals surface area contributed by atoms with Gasteiger partial charge in [-0.3, -0.25) is 9.59 Å². The fraction of sp³-hybridized carbons (Fsp3) is 0.750.